The minimum atomic E-state index is -0.458. The maximum atomic E-state index is 11.5. The molecule has 1 aromatic rings. The van der Waals surface area contributed by atoms with Crippen molar-refractivity contribution in [1.29, 1.82) is 0 Å². The Morgan fingerprint density at radius 1 is 1.55 bits per heavy atom. The number of thioether (sulfide) groups is 1. The van der Waals surface area contributed by atoms with Gasteiger partial charge in [-0.05, 0) is 26.0 Å². The van der Waals surface area contributed by atoms with Crippen LogP contribution < -0.4 is 16.4 Å². The molecule has 0 bridgehead atoms. The molecule has 5 nitrogen and oxygen atoms in total. The Labute approximate surface area is 127 Å². The van der Waals surface area contributed by atoms with Gasteiger partial charge in [-0.3, -0.25) is 4.79 Å². The summed E-state index contributed by atoms with van der Waals surface area (Å²) in [7, 11) is 1.75. The average Bonchev–Trinajstić information content (AvgIpc) is 2.76. The molecule has 1 atom stereocenters. The number of hydrogen-bond donors (Lipinski definition) is 2. The van der Waals surface area contributed by atoms with E-state index in [2.05, 4.69) is 11.8 Å². The van der Waals surface area contributed by atoms with Crippen molar-refractivity contribution in [3.8, 4) is 0 Å². The van der Waals surface area contributed by atoms with Crippen LogP contribution in [0.15, 0.2) is 4.90 Å². The summed E-state index contributed by atoms with van der Waals surface area (Å²) in [6.45, 7) is 3.86. The Balaban J connectivity index is 2.37. The van der Waals surface area contributed by atoms with E-state index >= 15 is 0 Å². The zero-order valence-corrected chi connectivity index (χ0v) is 13.7. The first-order valence-electron chi connectivity index (χ1n) is 6.48. The van der Waals surface area contributed by atoms with E-state index in [1.54, 1.807) is 18.9 Å². The van der Waals surface area contributed by atoms with Gasteiger partial charge < -0.3 is 21.1 Å². The number of carbonyl (C=O) groups excluding carboxylic acids is 1. The van der Waals surface area contributed by atoms with Crippen LogP contribution in [0, 0.1) is 0 Å². The van der Waals surface area contributed by atoms with E-state index in [0.29, 0.717) is 10.6 Å². The van der Waals surface area contributed by atoms with Crippen molar-refractivity contribution in [3.05, 3.63) is 4.88 Å². The molecule has 1 fully saturated rings. The fourth-order valence-corrected chi connectivity index (χ4v) is 4.61. The number of rotatable bonds is 4. The third-order valence-corrected chi connectivity index (χ3v) is 5.98. The van der Waals surface area contributed by atoms with E-state index in [9.17, 15) is 4.79 Å². The van der Waals surface area contributed by atoms with Crippen LogP contribution in [0.1, 0.15) is 29.4 Å². The lowest BCUT2D eigenvalue weighted by Crippen LogP contribution is -2.47. The molecule has 1 aliphatic rings. The highest BCUT2D eigenvalue weighted by molar-refractivity contribution is 7.99. The van der Waals surface area contributed by atoms with E-state index in [-0.39, 0.29) is 5.60 Å². The topological polar surface area (TPSA) is 81.6 Å². The second-order valence-electron chi connectivity index (χ2n) is 5.23. The molecule has 2 rings (SSSR count). The number of thiophene rings is 1. The lowest BCUT2D eigenvalue weighted by atomic mass is 9.95. The maximum absolute atomic E-state index is 11.5. The standard InChI is InChI=1S/C13H21N3O2S2/c1-13(18-2)5-4-6-16(7-13)12-10(19-3)8(14)9(20-12)11(15)17/h4-7,14H2,1-3H3,(H2,15,17). The van der Waals surface area contributed by atoms with Gasteiger partial charge in [0.05, 0.1) is 16.2 Å². The summed E-state index contributed by atoms with van der Waals surface area (Å²) in [5, 5.41) is 1.03. The van der Waals surface area contributed by atoms with E-state index in [1.807, 2.05) is 6.26 Å². The van der Waals surface area contributed by atoms with Gasteiger partial charge in [-0.25, -0.2) is 0 Å². The van der Waals surface area contributed by atoms with Crippen molar-refractivity contribution in [3.63, 3.8) is 0 Å². The molecule has 0 aliphatic carbocycles. The molecular weight excluding hydrogens is 294 g/mol. The first-order valence-corrected chi connectivity index (χ1v) is 8.52. The zero-order chi connectivity index (χ0) is 14.9. The van der Waals surface area contributed by atoms with Crippen molar-refractivity contribution >= 4 is 39.7 Å². The largest absolute Gasteiger partial charge is 0.396 e. The van der Waals surface area contributed by atoms with E-state index < -0.39 is 5.91 Å². The number of piperidine rings is 1. The predicted molar refractivity (Wildman–Crippen MR) is 85.9 cm³/mol. The number of ether oxygens (including phenoxy) is 1. The lowest BCUT2D eigenvalue weighted by molar-refractivity contribution is -0.00460. The summed E-state index contributed by atoms with van der Waals surface area (Å²) in [4.78, 5) is 15.1. The van der Waals surface area contributed by atoms with Gasteiger partial charge in [0, 0.05) is 20.2 Å². The van der Waals surface area contributed by atoms with Gasteiger partial charge >= 0.3 is 0 Å². The molecule has 1 saturated heterocycles. The second kappa shape index (κ2) is 5.83. The van der Waals surface area contributed by atoms with Gasteiger partial charge in [0.2, 0.25) is 0 Å². The summed E-state index contributed by atoms with van der Waals surface area (Å²) >= 11 is 2.94. The van der Waals surface area contributed by atoms with Gasteiger partial charge in [0.1, 0.15) is 9.88 Å². The fourth-order valence-electron chi connectivity index (χ4n) is 2.55. The molecule has 4 N–H and O–H groups in total. The highest BCUT2D eigenvalue weighted by Gasteiger charge is 2.33. The van der Waals surface area contributed by atoms with Gasteiger partial charge in [-0.1, -0.05) is 0 Å². The average molecular weight is 315 g/mol. The first kappa shape index (κ1) is 15.5. The number of anilines is 2. The van der Waals surface area contributed by atoms with E-state index in [1.165, 1.54) is 11.3 Å². The van der Waals surface area contributed by atoms with Gasteiger partial charge in [-0.2, -0.15) is 0 Å². The molecule has 0 spiro atoms. The number of carbonyl (C=O) groups is 1. The number of primary amides is 1. The maximum Gasteiger partial charge on any atom is 0.261 e. The normalized spacial score (nSPS) is 23.1. The third kappa shape index (κ3) is 2.75. The summed E-state index contributed by atoms with van der Waals surface area (Å²) in [5.74, 6) is -0.458. The summed E-state index contributed by atoms with van der Waals surface area (Å²) in [5.41, 5.74) is 11.8. The molecule has 0 saturated carbocycles. The van der Waals surface area contributed by atoms with Crippen LogP contribution in [-0.4, -0.2) is 38.0 Å². The Morgan fingerprint density at radius 3 is 2.80 bits per heavy atom. The van der Waals surface area contributed by atoms with Gasteiger partial charge in [0.15, 0.2) is 0 Å². The molecule has 1 aliphatic heterocycles. The Hall–Kier alpha value is -0.920. The van der Waals surface area contributed by atoms with Crippen LogP contribution in [0.5, 0.6) is 0 Å². The number of nitrogens with zero attached hydrogens (tertiary/aromatic N) is 1. The van der Waals surface area contributed by atoms with Crippen LogP contribution >= 0.6 is 23.1 Å². The molecule has 2 heterocycles. The van der Waals surface area contributed by atoms with E-state index in [4.69, 9.17) is 16.2 Å². The van der Waals surface area contributed by atoms with Crippen molar-refractivity contribution in [2.75, 3.05) is 37.1 Å². The number of methoxy groups -OCH3 is 1. The fraction of sp³-hybridized carbons (Fsp3) is 0.615. The quantitative estimate of drug-likeness (QED) is 0.832. The van der Waals surface area contributed by atoms with Crippen LogP contribution in [0.4, 0.5) is 10.7 Å². The van der Waals surface area contributed by atoms with Gasteiger partial charge in [0.25, 0.3) is 5.91 Å². The van der Waals surface area contributed by atoms with Crippen molar-refractivity contribution < 1.29 is 9.53 Å². The number of amides is 1. The first-order chi connectivity index (χ1) is 9.41. The van der Waals surface area contributed by atoms with Crippen molar-refractivity contribution in [2.24, 2.45) is 5.73 Å². The van der Waals surface area contributed by atoms with Crippen LogP contribution in [-0.2, 0) is 4.74 Å². The number of nitrogen functional groups attached to an aromatic ring is 1. The molecule has 20 heavy (non-hydrogen) atoms. The Kier molecular flexibility index (Phi) is 4.51. The monoisotopic (exact) mass is 315 g/mol. The van der Waals surface area contributed by atoms with Crippen molar-refractivity contribution in [1.82, 2.24) is 0 Å². The minimum absolute atomic E-state index is 0.153. The molecule has 0 aromatic carbocycles. The summed E-state index contributed by atoms with van der Waals surface area (Å²) in [6.07, 6.45) is 4.06. The molecule has 112 valence electrons. The molecular formula is C13H21N3O2S2. The minimum Gasteiger partial charge on any atom is -0.396 e. The summed E-state index contributed by atoms with van der Waals surface area (Å²) in [6, 6.07) is 0. The molecule has 1 amide bonds. The van der Waals surface area contributed by atoms with Gasteiger partial charge in [-0.15, -0.1) is 23.1 Å². The third-order valence-electron chi connectivity index (χ3n) is 3.75. The van der Waals surface area contributed by atoms with E-state index in [0.717, 1.165) is 35.8 Å². The highest BCUT2D eigenvalue weighted by atomic mass is 32.2. The number of nitrogens with two attached hydrogens (primary N) is 2. The Bertz CT molecular complexity index is 518. The summed E-state index contributed by atoms with van der Waals surface area (Å²) < 4.78 is 5.62. The second-order valence-corrected chi connectivity index (χ2v) is 7.04. The van der Waals surface area contributed by atoms with Crippen molar-refractivity contribution in [2.45, 2.75) is 30.3 Å². The molecule has 7 heteroatoms. The lowest BCUT2D eigenvalue weighted by Gasteiger charge is -2.40. The molecule has 1 aromatic heterocycles. The zero-order valence-electron chi connectivity index (χ0n) is 12.1. The predicted octanol–water partition coefficient (Wildman–Crippen LogP) is 2.16. The molecule has 1 unspecified atom stereocenters. The molecule has 0 radical (unpaired) electrons. The highest BCUT2D eigenvalue weighted by Crippen LogP contribution is 2.45. The Morgan fingerprint density at radius 2 is 2.25 bits per heavy atom. The van der Waals surface area contributed by atoms with Crippen LogP contribution in [0.25, 0.3) is 0 Å². The SMILES string of the molecule is COC1(C)CCCN(c2sc(C(N)=O)c(N)c2SC)C1. The van der Waals surface area contributed by atoms with Crippen LogP contribution in [0.3, 0.4) is 0 Å². The number of hydrogen-bond acceptors (Lipinski definition) is 6. The van der Waals surface area contributed by atoms with Crippen LogP contribution in [0.2, 0.25) is 0 Å². The smallest absolute Gasteiger partial charge is 0.261 e.